The second-order valence-corrected chi connectivity index (χ2v) is 11.1. The van der Waals surface area contributed by atoms with Crippen molar-refractivity contribution in [2.24, 2.45) is 0 Å². The lowest BCUT2D eigenvalue weighted by atomic mass is 9.67. The summed E-state index contributed by atoms with van der Waals surface area (Å²) in [6, 6.07) is 35.2. The fraction of sp³-hybridized carbons (Fsp3) is 0.278. The monoisotopic (exact) mass is 466 g/mol. The van der Waals surface area contributed by atoms with Gasteiger partial charge in [-0.15, -0.1) is 0 Å². The van der Waals surface area contributed by atoms with E-state index >= 15 is 0 Å². The third kappa shape index (κ3) is 3.84. The van der Waals surface area contributed by atoms with Gasteiger partial charge in [0.25, 0.3) is 0 Å². The Morgan fingerprint density at radius 3 is 2.08 bits per heavy atom. The van der Waals surface area contributed by atoms with E-state index < -0.39 is 0 Å². The highest BCUT2D eigenvalue weighted by Gasteiger charge is 2.36. The zero-order valence-corrected chi connectivity index (χ0v) is 21.0. The molecule has 0 N–H and O–H groups in total. The number of aryl methyl sites for hydroxylation is 2. The van der Waals surface area contributed by atoms with Gasteiger partial charge in [0.2, 0.25) is 0 Å². The largest absolute Gasteiger partial charge is 0.0839 e. The van der Waals surface area contributed by atoms with Crippen LogP contribution in [-0.2, 0) is 19.3 Å². The van der Waals surface area contributed by atoms with Gasteiger partial charge in [-0.25, -0.2) is 0 Å². The van der Waals surface area contributed by atoms with Crippen molar-refractivity contribution in [2.45, 2.75) is 62.7 Å². The SMILES string of the molecule is C1=Cc2ccc(C3CCc4ccccc4C(C4c5ccccc5Cc5ccccc54)C3)cc2CCC1. The molecule has 0 heterocycles. The predicted octanol–water partition coefficient (Wildman–Crippen LogP) is 8.98. The third-order valence-electron chi connectivity index (χ3n) is 9.07. The van der Waals surface area contributed by atoms with E-state index in [1.807, 2.05) is 0 Å². The van der Waals surface area contributed by atoms with Gasteiger partial charge in [-0.05, 0) is 107 Å². The van der Waals surface area contributed by atoms with Gasteiger partial charge in [0, 0.05) is 5.92 Å². The van der Waals surface area contributed by atoms with Crippen LogP contribution in [0, 0.1) is 0 Å². The minimum absolute atomic E-state index is 0.414. The quantitative estimate of drug-likeness (QED) is 0.259. The molecule has 0 bridgehead atoms. The van der Waals surface area contributed by atoms with Crippen LogP contribution in [0.15, 0.2) is 97.1 Å². The zero-order chi connectivity index (χ0) is 23.9. The number of rotatable bonds is 2. The highest BCUT2D eigenvalue weighted by molar-refractivity contribution is 5.57. The van der Waals surface area contributed by atoms with Crippen molar-refractivity contribution in [1.29, 1.82) is 0 Å². The van der Waals surface area contributed by atoms with Gasteiger partial charge in [0.05, 0.1) is 0 Å². The van der Waals surface area contributed by atoms with Crippen LogP contribution in [0.25, 0.3) is 6.08 Å². The Morgan fingerprint density at radius 2 is 1.31 bits per heavy atom. The topological polar surface area (TPSA) is 0 Å². The third-order valence-corrected chi connectivity index (χ3v) is 9.07. The lowest BCUT2D eigenvalue weighted by Crippen LogP contribution is -2.21. The van der Waals surface area contributed by atoms with Gasteiger partial charge in [0.1, 0.15) is 0 Å². The van der Waals surface area contributed by atoms with Crippen LogP contribution in [0.4, 0.5) is 0 Å². The highest BCUT2D eigenvalue weighted by atomic mass is 14.4. The van der Waals surface area contributed by atoms with E-state index in [0.29, 0.717) is 17.8 Å². The number of hydrogen-bond donors (Lipinski definition) is 0. The van der Waals surface area contributed by atoms with E-state index in [-0.39, 0.29) is 0 Å². The molecule has 0 fully saturated rings. The molecule has 0 saturated heterocycles. The fourth-order valence-electron chi connectivity index (χ4n) is 7.31. The first-order valence-electron chi connectivity index (χ1n) is 13.9. The summed E-state index contributed by atoms with van der Waals surface area (Å²) in [5, 5.41) is 0. The van der Waals surface area contributed by atoms with Crippen molar-refractivity contribution in [3.63, 3.8) is 0 Å². The maximum absolute atomic E-state index is 2.56. The summed E-state index contributed by atoms with van der Waals surface area (Å²) in [5.41, 5.74) is 13.8. The van der Waals surface area contributed by atoms with Crippen molar-refractivity contribution < 1.29 is 0 Å². The van der Waals surface area contributed by atoms with Crippen molar-refractivity contribution >= 4 is 6.08 Å². The van der Waals surface area contributed by atoms with Gasteiger partial charge in [-0.2, -0.15) is 0 Å². The molecule has 3 aliphatic carbocycles. The van der Waals surface area contributed by atoms with Crippen molar-refractivity contribution in [3.05, 3.63) is 147 Å². The molecule has 36 heavy (non-hydrogen) atoms. The van der Waals surface area contributed by atoms with Crippen molar-refractivity contribution in [3.8, 4) is 0 Å². The highest BCUT2D eigenvalue weighted by Crippen LogP contribution is 2.51. The van der Waals surface area contributed by atoms with Crippen molar-refractivity contribution in [2.75, 3.05) is 0 Å². The number of allylic oxidation sites excluding steroid dienone is 1. The van der Waals surface area contributed by atoms with Crippen LogP contribution >= 0.6 is 0 Å². The molecule has 0 nitrogen and oxygen atoms in total. The van der Waals surface area contributed by atoms with Gasteiger partial charge >= 0.3 is 0 Å². The molecule has 0 spiro atoms. The molecule has 0 radical (unpaired) electrons. The van der Waals surface area contributed by atoms with Crippen LogP contribution in [0.3, 0.4) is 0 Å². The summed E-state index contributed by atoms with van der Waals surface area (Å²) in [4.78, 5) is 0. The lowest BCUT2D eigenvalue weighted by molar-refractivity contribution is 0.485. The maximum Gasteiger partial charge on any atom is 0.0164 e. The Hall–Kier alpha value is -3.38. The Bertz CT molecular complexity index is 1390. The van der Waals surface area contributed by atoms with E-state index in [1.54, 1.807) is 33.4 Å². The van der Waals surface area contributed by atoms with Crippen molar-refractivity contribution in [1.82, 2.24) is 0 Å². The molecule has 2 atom stereocenters. The maximum atomic E-state index is 2.56. The summed E-state index contributed by atoms with van der Waals surface area (Å²) < 4.78 is 0. The summed E-state index contributed by atoms with van der Waals surface area (Å²) in [7, 11) is 0. The van der Waals surface area contributed by atoms with Crippen LogP contribution in [0.1, 0.15) is 93.5 Å². The van der Waals surface area contributed by atoms with Gasteiger partial charge in [0.15, 0.2) is 0 Å². The number of benzene rings is 4. The standard InChI is InChI=1S/C36H34/c1-2-10-25-18-20-28(22-27(25)12-3-1)29-21-19-26-11-4-7-15-32(26)35(24-29)36-33-16-8-5-13-30(33)23-31-14-6-9-17-34(31)36/h2,4-11,13-18,20,22,29,35-36H,1,3,12,19,21,23-24H2. The average Bonchev–Trinajstić information content (AvgIpc) is 3.28. The first-order chi connectivity index (χ1) is 17.8. The van der Waals surface area contributed by atoms with E-state index in [2.05, 4.69) is 103 Å². The molecule has 7 rings (SSSR count). The van der Waals surface area contributed by atoms with Gasteiger partial charge < -0.3 is 0 Å². The second kappa shape index (κ2) is 9.25. The smallest absolute Gasteiger partial charge is 0.0164 e. The molecular weight excluding hydrogens is 432 g/mol. The minimum Gasteiger partial charge on any atom is -0.0839 e. The molecule has 0 heteroatoms. The predicted molar refractivity (Wildman–Crippen MR) is 151 cm³/mol. The number of hydrogen-bond acceptors (Lipinski definition) is 0. The summed E-state index contributed by atoms with van der Waals surface area (Å²) in [6.07, 6.45) is 13.0. The molecule has 4 aromatic carbocycles. The molecule has 0 aliphatic heterocycles. The molecule has 3 aliphatic rings. The molecule has 0 amide bonds. The molecular formula is C36H34. The Labute approximate surface area is 215 Å². The van der Waals surface area contributed by atoms with Crippen LogP contribution in [0.2, 0.25) is 0 Å². The molecule has 2 unspecified atom stereocenters. The molecule has 178 valence electrons. The average molecular weight is 467 g/mol. The normalized spacial score (nSPS) is 20.9. The van der Waals surface area contributed by atoms with Gasteiger partial charge in [-0.1, -0.05) is 103 Å². The van der Waals surface area contributed by atoms with Crippen LogP contribution in [-0.4, -0.2) is 0 Å². The summed E-state index contributed by atoms with van der Waals surface area (Å²) in [5.74, 6) is 1.48. The number of fused-ring (bicyclic) bond motifs is 4. The second-order valence-electron chi connectivity index (χ2n) is 11.1. The first-order valence-corrected chi connectivity index (χ1v) is 13.9. The summed E-state index contributed by atoms with van der Waals surface area (Å²) in [6.45, 7) is 0. The minimum atomic E-state index is 0.414. The van der Waals surface area contributed by atoms with E-state index in [0.717, 1.165) is 6.42 Å². The van der Waals surface area contributed by atoms with Gasteiger partial charge in [-0.3, -0.25) is 0 Å². The molecule has 0 aromatic heterocycles. The van der Waals surface area contributed by atoms with E-state index in [4.69, 9.17) is 0 Å². The lowest BCUT2D eigenvalue weighted by Gasteiger charge is -2.36. The molecule has 0 saturated carbocycles. The Morgan fingerprint density at radius 1 is 0.611 bits per heavy atom. The fourth-order valence-corrected chi connectivity index (χ4v) is 7.31. The molecule has 4 aromatic rings. The summed E-state index contributed by atoms with van der Waals surface area (Å²) >= 11 is 0. The first kappa shape index (κ1) is 21.9. The Kier molecular flexibility index (Phi) is 5.62. The zero-order valence-electron chi connectivity index (χ0n) is 21.0. The Balaban J connectivity index is 1.35. The van der Waals surface area contributed by atoms with Crippen LogP contribution < -0.4 is 0 Å². The van der Waals surface area contributed by atoms with E-state index in [1.165, 1.54) is 55.2 Å². The van der Waals surface area contributed by atoms with E-state index in [9.17, 15) is 0 Å². The van der Waals surface area contributed by atoms with Crippen LogP contribution in [0.5, 0.6) is 0 Å².